The van der Waals surface area contributed by atoms with Crippen molar-refractivity contribution < 1.29 is 0 Å². The molecule has 0 fully saturated rings. The second-order valence-corrected chi connectivity index (χ2v) is 10.1. The summed E-state index contributed by atoms with van der Waals surface area (Å²) in [6.45, 7) is 0. The van der Waals surface area contributed by atoms with Gasteiger partial charge in [-0.3, -0.25) is 0 Å². The van der Waals surface area contributed by atoms with E-state index in [4.69, 9.17) is 11.8 Å². The zero-order valence-corrected chi connectivity index (χ0v) is 13.6. The van der Waals surface area contributed by atoms with Crippen LogP contribution in [0.15, 0.2) is 72.1 Å². The Balaban J connectivity index is 2.00. The number of fused-ring (bicyclic) bond motifs is 4. The van der Waals surface area contributed by atoms with Crippen LogP contribution >= 0.6 is 6.04 Å². The molecule has 1 atom stereocenters. The lowest BCUT2D eigenvalue weighted by Gasteiger charge is -2.33. The van der Waals surface area contributed by atoms with Gasteiger partial charge < -0.3 is 0 Å². The largest absolute Gasteiger partial charge is 0.0826 e. The van der Waals surface area contributed by atoms with Crippen molar-refractivity contribution in [2.45, 2.75) is 0 Å². The summed E-state index contributed by atoms with van der Waals surface area (Å²) in [6.07, 6.45) is 6.75. The van der Waals surface area contributed by atoms with E-state index in [1.165, 1.54) is 37.8 Å². The van der Waals surface area contributed by atoms with Crippen molar-refractivity contribution in [3.05, 3.63) is 83.2 Å². The average Bonchev–Trinajstić information content (AvgIpc) is 2.57. The highest BCUT2D eigenvalue weighted by atomic mass is 32.4. The van der Waals surface area contributed by atoms with Crippen molar-refractivity contribution in [1.29, 1.82) is 0 Å². The standard InChI is InChI=1S/C20H13PS/c22-21-17(12-11-14-5-1-2-9-18(14)21)13-16-8-3-6-15-7-4-10-19(21)20(15)16/h1-13H. The molecule has 0 saturated heterocycles. The number of hydrogen-bond donors (Lipinski definition) is 0. The lowest BCUT2D eigenvalue weighted by Crippen LogP contribution is -2.24. The van der Waals surface area contributed by atoms with Crippen molar-refractivity contribution >= 4 is 51.4 Å². The Bertz CT molecular complexity index is 1050. The molecule has 1 unspecified atom stereocenters. The molecule has 0 amide bonds. The highest BCUT2D eigenvalue weighted by Crippen LogP contribution is 2.59. The normalized spacial score (nSPS) is 21.2. The highest BCUT2D eigenvalue weighted by Gasteiger charge is 2.34. The van der Waals surface area contributed by atoms with E-state index < -0.39 is 6.04 Å². The fourth-order valence-electron chi connectivity index (χ4n) is 3.63. The molecular weight excluding hydrogens is 303 g/mol. The molecule has 2 heteroatoms. The van der Waals surface area contributed by atoms with Crippen LogP contribution in [0, 0.1) is 0 Å². The minimum absolute atomic E-state index is 1.28. The minimum Gasteiger partial charge on any atom is -0.0826 e. The molecule has 0 nitrogen and oxygen atoms in total. The van der Waals surface area contributed by atoms with Crippen LogP contribution in [0.1, 0.15) is 11.1 Å². The van der Waals surface area contributed by atoms with Crippen LogP contribution in [0.25, 0.3) is 22.9 Å². The molecule has 104 valence electrons. The fraction of sp³-hybridized carbons (Fsp3) is 0. The van der Waals surface area contributed by atoms with Crippen LogP contribution in [0.4, 0.5) is 0 Å². The lowest BCUT2D eigenvalue weighted by atomic mass is 10.0. The smallest absolute Gasteiger partial charge is 0.0391 e. The van der Waals surface area contributed by atoms with Gasteiger partial charge in [-0.05, 0) is 33.3 Å². The van der Waals surface area contributed by atoms with Crippen molar-refractivity contribution in [2.75, 3.05) is 0 Å². The van der Waals surface area contributed by atoms with Gasteiger partial charge in [-0.1, -0.05) is 84.6 Å². The molecule has 3 aromatic carbocycles. The second kappa shape index (κ2) is 4.29. The van der Waals surface area contributed by atoms with Gasteiger partial charge in [0.05, 0.1) is 0 Å². The van der Waals surface area contributed by atoms with E-state index in [-0.39, 0.29) is 0 Å². The summed E-state index contributed by atoms with van der Waals surface area (Å²) < 4.78 is 0. The Kier molecular flexibility index (Phi) is 2.45. The van der Waals surface area contributed by atoms with Crippen molar-refractivity contribution in [2.24, 2.45) is 0 Å². The highest BCUT2D eigenvalue weighted by molar-refractivity contribution is 8.24. The van der Waals surface area contributed by atoms with E-state index >= 15 is 0 Å². The third-order valence-electron chi connectivity index (χ3n) is 4.63. The lowest BCUT2D eigenvalue weighted by molar-refractivity contribution is 1.67. The number of rotatable bonds is 0. The Hall–Kier alpha value is -1.95. The molecule has 0 spiro atoms. The molecule has 3 aromatic rings. The first-order valence-electron chi connectivity index (χ1n) is 7.41. The van der Waals surface area contributed by atoms with Gasteiger partial charge in [0.25, 0.3) is 0 Å². The zero-order chi connectivity index (χ0) is 14.7. The third-order valence-corrected chi connectivity index (χ3v) is 9.59. The van der Waals surface area contributed by atoms with Gasteiger partial charge in [-0.15, -0.1) is 0 Å². The Morgan fingerprint density at radius 3 is 2.32 bits per heavy atom. The van der Waals surface area contributed by atoms with Crippen LogP contribution in [0.2, 0.25) is 0 Å². The first-order chi connectivity index (χ1) is 10.8. The van der Waals surface area contributed by atoms with Gasteiger partial charge in [0.2, 0.25) is 0 Å². The molecule has 0 aromatic heterocycles. The second-order valence-electron chi connectivity index (χ2n) is 5.79. The summed E-state index contributed by atoms with van der Waals surface area (Å²) in [5.74, 6) is 0. The Labute approximate surface area is 134 Å². The van der Waals surface area contributed by atoms with E-state index in [1.54, 1.807) is 0 Å². The average molecular weight is 316 g/mol. The minimum atomic E-state index is -1.91. The predicted molar refractivity (Wildman–Crippen MR) is 101 cm³/mol. The summed E-state index contributed by atoms with van der Waals surface area (Å²) in [6, 6.07) is 19.8. The van der Waals surface area contributed by atoms with Crippen LogP contribution < -0.4 is 10.6 Å². The van der Waals surface area contributed by atoms with Crippen molar-refractivity contribution in [1.82, 2.24) is 0 Å². The van der Waals surface area contributed by atoms with Crippen LogP contribution in [0.5, 0.6) is 0 Å². The topological polar surface area (TPSA) is 0 Å². The van der Waals surface area contributed by atoms with Gasteiger partial charge >= 0.3 is 0 Å². The summed E-state index contributed by atoms with van der Waals surface area (Å²) in [7, 11) is 0. The number of hydrogen-bond acceptors (Lipinski definition) is 1. The maximum absolute atomic E-state index is 6.36. The van der Waals surface area contributed by atoms with Gasteiger partial charge in [0.15, 0.2) is 0 Å². The van der Waals surface area contributed by atoms with E-state index in [0.29, 0.717) is 0 Å². The summed E-state index contributed by atoms with van der Waals surface area (Å²) in [4.78, 5) is 0. The molecule has 0 bridgehead atoms. The Morgan fingerprint density at radius 2 is 1.41 bits per heavy atom. The summed E-state index contributed by atoms with van der Waals surface area (Å²) in [5, 5.41) is 6.64. The first-order valence-corrected chi connectivity index (χ1v) is 10.2. The third kappa shape index (κ3) is 1.46. The molecule has 5 rings (SSSR count). The van der Waals surface area contributed by atoms with E-state index in [1.807, 2.05) is 0 Å². The Morgan fingerprint density at radius 1 is 0.682 bits per heavy atom. The zero-order valence-electron chi connectivity index (χ0n) is 11.9. The SMILES string of the molecule is S=P12C(=Cc3cccc4cccc1c34)C=Cc1ccccc12. The quantitative estimate of drug-likeness (QED) is 0.544. The van der Waals surface area contributed by atoms with Crippen LogP contribution in [-0.4, -0.2) is 0 Å². The molecule has 2 aliphatic rings. The van der Waals surface area contributed by atoms with Crippen LogP contribution in [0.3, 0.4) is 0 Å². The van der Waals surface area contributed by atoms with Gasteiger partial charge in [0, 0.05) is 16.6 Å². The van der Waals surface area contributed by atoms with Gasteiger partial charge in [0.1, 0.15) is 0 Å². The van der Waals surface area contributed by atoms with E-state index in [2.05, 4.69) is 78.9 Å². The van der Waals surface area contributed by atoms with Crippen LogP contribution in [-0.2, 0) is 11.8 Å². The van der Waals surface area contributed by atoms with E-state index in [0.717, 1.165) is 0 Å². The summed E-state index contributed by atoms with van der Waals surface area (Å²) >= 11 is 6.36. The molecule has 0 aliphatic carbocycles. The fourth-order valence-corrected chi connectivity index (χ4v) is 8.03. The molecular formula is C20H13PS. The van der Waals surface area contributed by atoms with E-state index in [9.17, 15) is 0 Å². The van der Waals surface area contributed by atoms with Crippen molar-refractivity contribution in [3.8, 4) is 0 Å². The molecule has 2 aliphatic heterocycles. The first kappa shape index (κ1) is 12.6. The molecule has 22 heavy (non-hydrogen) atoms. The molecule has 0 N–H and O–H groups in total. The predicted octanol–water partition coefficient (Wildman–Crippen LogP) is 4.65. The maximum Gasteiger partial charge on any atom is 0.0391 e. The monoisotopic (exact) mass is 316 g/mol. The maximum atomic E-state index is 6.36. The summed E-state index contributed by atoms with van der Waals surface area (Å²) in [5.41, 5.74) is 2.58. The number of allylic oxidation sites excluding steroid dienone is 2. The molecule has 0 radical (unpaired) electrons. The van der Waals surface area contributed by atoms with Gasteiger partial charge in [-0.25, -0.2) is 0 Å². The molecule has 2 heterocycles. The van der Waals surface area contributed by atoms with Crippen molar-refractivity contribution in [3.63, 3.8) is 0 Å². The number of benzene rings is 3. The molecule has 0 saturated carbocycles. The van der Waals surface area contributed by atoms with Gasteiger partial charge in [-0.2, -0.15) is 0 Å².